The Balaban J connectivity index is 1.85. The van der Waals surface area contributed by atoms with Crippen LogP contribution < -0.4 is 16.0 Å². The number of benzene rings is 2. The third kappa shape index (κ3) is 4.74. The van der Waals surface area contributed by atoms with Crippen molar-refractivity contribution in [3.05, 3.63) is 83.1 Å². The molecule has 140 valence electrons. The van der Waals surface area contributed by atoms with Crippen LogP contribution in [0.15, 0.2) is 71.9 Å². The summed E-state index contributed by atoms with van der Waals surface area (Å²) >= 11 is 0. The van der Waals surface area contributed by atoms with Gasteiger partial charge in [-0.3, -0.25) is 0 Å². The number of rotatable bonds is 7. The molecule has 0 bridgehead atoms. The molecule has 0 atom stereocenters. The first-order valence-corrected chi connectivity index (χ1v) is 8.96. The maximum Gasteiger partial charge on any atom is 0.337 e. The quantitative estimate of drug-likeness (QED) is 0.659. The van der Waals surface area contributed by atoms with Crippen LogP contribution in [0, 0.1) is 0 Å². The minimum Gasteiger partial charge on any atom is -0.463 e. The van der Waals surface area contributed by atoms with Crippen LogP contribution in [-0.2, 0) is 9.53 Å². The van der Waals surface area contributed by atoms with Crippen LogP contribution in [0.25, 0.3) is 0 Å². The average molecular weight is 365 g/mol. The zero-order valence-electron chi connectivity index (χ0n) is 15.2. The summed E-state index contributed by atoms with van der Waals surface area (Å²) in [5.41, 5.74) is 3.17. The van der Waals surface area contributed by atoms with E-state index in [-0.39, 0.29) is 25.2 Å². The van der Waals surface area contributed by atoms with Gasteiger partial charge in [0, 0.05) is 12.2 Å². The summed E-state index contributed by atoms with van der Waals surface area (Å²) in [4.78, 5) is 23.9. The second-order valence-corrected chi connectivity index (χ2v) is 6.12. The number of nitrogens with one attached hydrogen (secondary N) is 3. The van der Waals surface area contributed by atoms with E-state index in [0.717, 1.165) is 11.1 Å². The van der Waals surface area contributed by atoms with Gasteiger partial charge in [0.15, 0.2) is 0 Å². The summed E-state index contributed by atoms with van der Waals surface area (Å²) in [5, 5.41) is 8.81. The van der Waals surface area contributed by atoms with E-state index in [4.69, 9.17) is 4.74 Å². The molecule has 2 amide bonds. The molecule has 6 nitrogen and oxygen atoms in total. The van der Waals surface area contributed by atoms with Crippen LogP contribution in [0.5, 0.6) is 0 Å². The molecule has 1 heterocycles. The normalized spacial score (nSPS) is 13.9. The molecule has 3 N–H and O–H groups in total. The van der Waals surface area contributed by atoms with Gasteiger partial charge in [-0.1, -0.05) is 60.7 Å². The number of carbonyl (C=O) groups is 2. The van der Waals surface area contributed by atoms with E-state index < -0.39 is 5.97 Å². The van der Waals surface area contributed by atoms with Crippen molar-refractivity contribution in [3.63, 3.8) is 0 Å². The Kier molecular flexibility index (Phi) is 6.22. The van der Waals surface area contributed by atoms with E-state index in [0.29, 0.717) is 17.8 Å². The van der Waals surface area contributed by atoms with Crippen molar-refractivity contribution in [1.29, 1.82) is 0 Å². The Morgan fingerprint density at radius 3 is 2.22 bits per heavy atom. The highest BCUT2D eigenvalue weighted by Crippen LogP contribution is 2.22. The Morgan fingerprint density at radius 1 is 1.07 bits per heavy atom. The first-order chi connectivity index (χ1) is 13.2. The van der Waals surface area contributed by atoms with Crippen molar-refractivity contribution in [3.8, 4) is 0 Å². The van der Waals surface area contributed by atoms with Gasteiger partial charge in [-0.25, -0.2) is 9.59 Å². The number of hydrogen-bond acceptors (Lipinski definition) is 4. The number of hydrogen-bond donors (Lipinski definition) is 3. The fraction of sp³-hybridized carbons (Fsp3) is 0.238. The SMILES string of the molecule is CCOC(=O)C1=C(CNC(c2ccccc2)c2ccccc2)NC(=O)NC1. The molecule has 0 unspecified atom stereocenters. The Labute approximate surface area is 158 Å². The average Bonchev–Trinajstić information content (AvgIpc) is 2.70. The van der Waals surface area contributed by atoms with Gasteiger partial charge in [-0.05, 0) is 18.1 Å². The predicted octanol–water partition coefficient (Wildman–Crippen LogP) is 2.50. The molecular formula is C21H23N3O3. The van der Waals surface area contributed by atoms with Gasteiger partial charge in [-0.15, -0.1) is 0 Å². The first kappa shape index (κ1) is 18.7. The van der Waals surface area contributed by atoms with Crippen LogP contribution in [0.3, 0.4) is 0 Å². The Morgan fingerprint density at radius 2 is 1.67 bits per heavy atom. The summed E-state index contributed by atoms with van der Waals surface area (Å²) in [6.45, 7) is 2.53. The van der Waals surface area contributed by atoms with Gasteiger partial charge in [-0.2, -0.15) is 0 Å². The van der Waals surface area contributed by atoms with Gasteiger partial charge in [0.1, 0.15) is 0 Å². The molecule has 2 aromatic rings. The van der Waals surface area contributed by atoms with Crippen LogP contribution in [0.4, 0.5) is 4.79 Å². The molecule has 0 radical (unpaired) electrons. The van der Waals surface area contributed by atoms with Crippen LogP contribution in [0.1, 0.15) is 24.1 Å². The molecule has 0 spiro atoms. The van der Waals surface area contributed by atoms with E-state index in [1.807, 2.05) is 60.7 Å². The lowest BCUT2D eigenvalue weighted by atomic mass is 9.98. The van der Waals surface area contributed by atoms with Gasteiger partial charge < -0.3 is 20.7 Å². The minimum atomic E-state index is -0.419. The molecule has 0 saturated heterocycles. The molecule has 1 aliphatic rings. The van der Waals surface area contributed by atoms with Crippen LogP contribution in [0.2, 0.25) is 0 Å². The largest absolute Gasteiger partial charge is 0.463 e. The minimum absolute atomic E-state index is 0.0740. The van der Waals surface area contributed by atoms with Crippen LogP contribution >= 0.6 is 0 Å². The summed E-state index contributed by atoms with van der Waals surface area (Å²) < 4.78 is 5.11. The molecule has 2 aromatic carbocycles. The van der Waals surface area contributed by atoms with E-state index in [9.17, 15) is 9.59 Å². The summed E-state index contributed by atoms with van der Waals surface area (Å²) in [6.07, 6.45) is 0. The second kappa shape index (κ2) is 9.00. The highest BCUT2D eigenvalue weighted by molar-refractivity contribution is 5.93. The lowest BCUT2D eigenvalue weighted by Gasteiger charge is -2.25. The van der Waals surface area contributed by atoms with Crippen molar-refractivity contribution >= 4 is 12.0 Å². The maximum absolute atomic E-state index is 12.2. The van der Waals surface area contributed by atoms with E-state index in [1.54, 1.807) is 6.92 Å². The Hall–Kier alpha value is -3.12. The van der Waals surface area contributed by atoms with Gasteiger partial charge >= 0.3 is 12.0 Å². The molecule has 27 heavy (non-hydrogen) atoms. The van der Waals surface area contributed by atoms with E-state index in [1.165, 1.54) is 0 Å². The van der Waals surface area contributed by atoms with Crippen molar-refractivity contribution in [2.45, 2.75) is 13.0 Å². The summed E-state index contributed by atoms with van der Waals surface area (Å²) in [7, 11) is 0. The monoisotopic (exact) mass is 365 g/mol. The van der Waals surface area contributed by atoms with Crippen molar-refractivity contribution in [1.82, 2.24) is 16.0 Å². The number of esters is 1. The van der Waals surface area contributed by atoms with E-state index >= 15 is 0 Å². The topological polar surface area (TPSA) is 79.5 Å². The number of ether oxygens (including phenoxy) is 1. The standard InChI is InChI=1S/C21H23N3O3/c1-2-27-20(25)17-13-23-21(26)24-18(17)14-22-19(15-9-5-3-6-10-15)16-11-7-4-8-12-16/h3-12,19,22H,2,13-14H2,1H3,(H2,23,24,26). The Bertz CT molecular complexity index is 780. The highest BCUT2D eigenvalue weighted by atomic mass is 16.5. The second-order valence-electron chi connectivity index (χ2n) is 6.12. The predicted molar refractivity (Wildman–Crippen MR) is 103 cm³/mol. The lowest BCUT2D eigenvalue weighted by molar-refractivity contribution is -0.138. The van der Waals surface area contributed by atoms with Gasteiger partial charge in [0.05, 0.1) is 24.8 Å². The maximum atomic E-state index is 12.2. The van der Waals surface area contributed by atoms with Gasteiger partial charge in [0.25, 0.3) is 0 Å². The van der Waals surface area contributed by atoms with Crippen molar-refractivity contribution in [2.24, 2.45) is 0 Å². The first-order valence-electron chi connectivity index (χ1n) is 8.96. The molecular weight excluding hydrogens is 342 g/mol. The molecule has 0 aromatic heterocycles. The molecule has 0 saturated carbocycles. The lowest BCUT2D eigenvalue weighted by Crippen LogP contribution is -2.46. The molecule has 0 aliphatic carbocycles. The van der Waals surface area contributed by atoms with Gasteiger partial charge in [0.2, 0.25) is 0 Å². The number of amides is 2. The zero-order valence-corrected chi connectivity index (χ0v) is 15.2. The summed E-state index contributed by atoms with van der Waals surface area (Å²) in [6, 6.07) is 19.7. The smallest absolute Gasteiger partial charge is 0.337 e. The molecule has 0 fully saturated rings. The zero-order chi connectivity index (χ0) is 19.1. The molecule has 6 heteroatoms. The highest BCUT2D eigenvalue weighted by Gasteiger charge is 2.24. The summed E-state index contributed by atoms with van der Waals surface area (Å²) in [5.74, 6) is -0.419. The molecule has 1 aliphatic heterocycles. The van der Waals surface area contributed by atoms with Crippen molar-refractivity contribution < 1.29 is 14.3 Å². The fourth-order valence-corrected chi connectivity index (χ4v) is 3.02. The third-order valence-corrected chi connectivity index (χ3v) is 4.33. The van der Waals surface area contributed by atoms with E-state index in [2.05, 4.69) is 16.0 Å². The van der Waals surface area contributed by atoms with Crippen LogP contribution in [-0.4, -0.2) is 31.7 Å². The fourth-order valence-electron chi connectivity index (χ4n) is 3.02. The molecule has 3 rings (SSSR count). The number of carbonyl (C=O) groups excluding carboxylic acids is 2. The van der Waals surface area contributed by atoms with Crippen molar-refractivity contribution in [2.75, 3.05) is 19.7 Å². The number of urea groups is 1. The third-order valence-electron chi connectivity index (χ3n) is 4.33.